The van der Waals surface area contributed by atoms with E-state index in [0.29, 0.717) is 24.5 Å². The molecule has 0 aromatic carbocycles. The van der Waals surface area contributed by atoms with E-state index >= 15 is 0 Å². The van der Waals surface area contributed by atoms with E-state index in [9.17, 15) is 14.4 Å². The zero-order valence-electron chi connectivity index (χ0n) is 11.4. The first-order valence-corrected chi connectivity index (χ1v) is 7.40. The molecule has 0 aliphatic carbocycles. The number of carbonyl (C=O) groups excluding carboxylic acids is 2. The Bertz CT molecular complexity index is 530. The first-order valence-electron chi connectivity index (χ1n) is 6.01. The van der Waals surface area contributed by atoms with Gasteiger partial charge in [0.25, 0.3) is 11.5 Å². The van der Waals surface area contributed by atoms with Crippen LogP contribution in [0.25, 0.3) is 0 Å². The van der Waals surface area contributed by atoms with Crippen LogP contribution in [0.5, 0.6) is 0 Å². The number of H-pyrrole nitrogens is 1. The Hall–Kier alpha value is -1.83. The van der Waals surface area contributed by atoms with Crippen LogP contribution in [0.4, 0.5) is 0 Å². The third-order valence-electron chi connectivity index (χ3n) is 2.38. The highest BCUT2D eigenvalue weighted by Crippen LogP contribution is 2.02. The number of carbonyl (C=O) groups is 2. The average Bonchev–Trinajstić information content (AvgIpc) is 2.42. The van der Waals surface area contributed by atoms with Gasteiger partial charge in [0.05, 0.1) is 12.9 Å². The van der Waals surface area contributed by atoms with Crippen LogP contribution in [0, 0.1) is 0 Å². The van der Waals surface area contributed by atoms with E-state index in [2.05, 4.69) is 20.0 Å². The number of aromatic nitrogens is 2. The van der Waals surface area contributed by atoms with E-state index in [-0.39, 0.29) is 23.6 Å². The zero-order chi connectivity index (χ0) is 15.0. The van der Waals surface area contributed by atoms with Crippen molar-refractivity contribution in [2.75, 3.05) is 19.9 Å². The number of aromatic amines is 1. The third-order valence-corrected chi connectivity index (χ3v) is 2.94. The summed E-state index contributed by atoms with van der Waals surface area (Å²) in [6.45, 7) is 0.320. The van der Waals surface area contributed by atoms with Gasteiger partial charge in [-0.1, -0.05) is 0 Å². The molecule has 0 aliphatic heterocycles. The fourth-order valence-electron chi connectivity index (χ4n) is 1.46. The zero-order valence-corrected chi connectivity index (χ0v) is 12.2. The molecule has 7 nitrogen and oxygen atoms in total. The van der Waals surface area contributed by atoms with Gasteiger partial charge < -0.3 is 15.0 Å². The maximum atomic E-state index is 11.8. The van der Waals surface area contributed by atoms with Gasteiger partial charge in [-0.25, -0.2) is 4.98 Å². The standard InChI is InChI=1S/C12H17N3O4S/c1-19-11(17)4-3-5-13-12(18)8-6-10(16)15-9(14-8)7-20-2/h6H,3-5,7H2,1-2H3,(H,13,18)(H,14,15,16). The minimum absolute atomic E-state index is 0.0795. The van der Waals surface area contributed by atoms with Crippen molar-refractivity contribution >= 4 is 23.6 Å². The van der Waals surface area contributed by atoms with E-state index in [1.165, 1.54) is 18.9 Å². The maximum absolute atomic E-state index is 11.8. The summed E-state index contributed by atoms with van der Waals surface area (Å²) >= 11 is 1.50. The quantitative estimate of drug-likeness (QED) is 0.555. The second-order valence-corrected chi connectivity index (χ2v) is 4.81. The summed E-state index contributed by atoms with van der Waals surface area (Å²) in [5.74, 6) is 0.238. The minimum atomic E-state index is -0.427. The lowest BCUT2D eigenvalue weighted by Crippen LogP contribution is -2.28. The van der Waals surface area contributed by atoms with Crippen molar-refractivity contribution in [2.45, 2.75) is 18.6 Å². The molecule has 0 radical (unpaired) electrons. The fraction of sp³-hybridized carbons (Fsp3) is 0.500. The Morgan fingerprint density at radius 3 is 2.90 bits per heavy atom. The topological polar surface area (TPSA) is 101 Å². The average molecular weight is 299 g/mol. The molecule has 1 aromatic rings. The molecule has 0 fully saturated rings. The van der Waals surface area contributed by atoms with Gasteiger partial charge in [-0.05, 0) is 12.7 Å². The molecule has 0 spiro atoms. The number of ether oxygens (including phenoxy) is 1. The van der Waals surface area contributed by atoms with Crippen LogP contribution in [0.2, 0.25) is 0 Å². The van der Waals surface area contributed by atoms with Crippen molar-refractivity contribution in [3.8, 4) is 0 Å². The normalized spacial score (nSPS) is 10.1. The summed E-state index contributed by atoms with van der Waals surface area (Å²) < 4.78 is 4.49. The van der Waals surface area contributed by atoms with Gasteiger partial charge >= 0.3 is 5.97 Å². The van der Waals surface area contributed by atoms with E-state index in [4.69, 9.17) is 0 Å². The van der Waals surface area contributed by atoms with Gasteiger partial charge in [0.2, 0.25) is 0 Å². The largest absolute Gasteiger partial charge is 0.469 e. The van der Waals surface area contributed by atoms with Gasteiger partial charge in [0.15, 0.2) is 0 Å². The Morgan fingerprint density at radius 2 is 2.25 bits per heavy atom. The number of methoxy groups -OCH3 is 1. The highest BCUT2D eigenvalue weighted by molar-refractivity contribution is 7.97. The molecule has 0 aliphatic rings. The van der Waals surface area contributed by atoms with Crippen LogP contribution in [0.3, 0.4) is 0 Å². The van der Waals surface area contributed by atoms with Crippen molar-refractivity contribution in [3.05, 3.63) is 27.9 Å². The number of hydrogen-bond donors (Lipinski definition) is 2. The molecule has 1 amide bonds. The summed E-state index contributed by atoms with van der Waals surface area (Å²) in [4.78, 5) is 40.8. The van der Waals surface area contributed by atoms with E-state index in [0.717, 1.165) is 6.07 Å². The maximum Gasteiger partial charge on any atom is 0.305 e. The summed E-state index contributed by atoms with van der Waals surface area (Å²) in [7, 11) is 1.31. The molecule has 1 heterocycles. The monoisotopic (exact) mass is 299 g/mol. The predicted octanol–water partition coefficient (Wildman–Crippen LogP) is 0.316. The molecule has 20 heavy (non-hydrogen) atoms. The highest BCUT2D eigenvalue weighted by atomic mass is 32.2. The molecule has 0 saturated heterocycles. The van der Waals surface area contributed by atoms with Gasteiger partial charge in [-0.15, -0.1) is 0 Å². The smallest absolute Gasteiger partial charge is 0.305 e. The molecule has 0 bridgehead atoms. The van der Waals surface area contributed by atoms with Crippen LogP contribution in [-0.2, 0) is 15.3 Å². The van der Waals surface area contributed by atoms with Crippen molar-refractivity contribution in [2.24, 2.45) is 0 Å². The number of rotatable bonds is 7. The molecule has 8 heteroatoms. The second-order valence-electron chi connectivity index (χ2n) is 3.95. The van der Waals surface area contributed by atoms with Crippen LogP contribution in [0.15, 0.2) is 10.9 Å². The van der Waals surface area contributed by atoms with Crippen molar-refractivity contribution in [3.63, 3.8) is 0 Å². The predicted molar refractivity (Wildman–Crippen MR) is 75.7 cm³/mol. The molecule has 1 aromatic heterocycles. The summed E-state index contributed by atoms with van der Waals surface area (Å²) in [5.41, 5.74) is -0.278. The van der Waals surface area contributed by atoms with Crippen LogP contribution >= 0.6 is 11.8 Å². The molecule has 0 unspecified atom stereocenters. The van der Waals surface area contributed by atoms with Gasteiger partial charge in [-0.3, -0.25) is 14.4 Å². The molecule has 110 valence electrons. The molecular weight excluding hydrogens is 282 g/mol. The molecule has 1 rings (SSSR count). The Morgan fingerprint density at radius 1 is 1.50 bits per heavy atom. The van der Waals surface area contributed by atoms with Gasteiger partial charge in [0, 0.05) is 19.0 Å². The van der Waals surface area contributed by atoms with Crippen molar-refractivity contribution in [1.82, 2.24) is 15.3 Å². The molecule has 0 saturated carbocycles. The number of esters is 1. The van der Waals surface area contributed by atoms with Crippen LogP contribution in [-0.4, -0.2) is 41.8 Å². The van der Waals surface area contributed by atoms with E-state index in [1.807, 2.05) is 6.26 Å². The van der Waals surface area contributed by atoms with E-state index < -0.39 is 5.91 Å². The minimum Gasteiger partial charge on any atom is -0.469 e. The molecular formula is C12H17N3O4S. The summed E-state index contributed by atoms with van der Waals surface area (Å²) in [5, 5.41) is 2.61. The Balaban J connectivity index is 2.54. The highest BCUT2D eigenvalue weighted by Gasteiger charge is 2.10. The SMILES string of the molecule is COC(=O)CCCNC(=O)c1cc(=O)[nH]c(CSC)n1. The molecule has 0 atom stereocenters. The lowest BCUT2D eigenvalue weighted by Gasteiger charge is -2.05. The number of nitrogens with zero attached hydrogens (tertiary/aromatic N) is 1. The van der Waals surface area contributed by atoms with E-state index in [1.54, 1.807) is 0 Å². The lowest BCUT2D eigenvalue weighted by molar-refractivity contribution is -0.140. The summed E-state index contributed by atoms with van der Waals surface area (Å²) in [6, 6.07) is 1.15. The first kappa shape index (κ1) is 16.2. The Labute approximate surface area is 120 Å². The number of amides is 1. The van der Waals surface area contributed by atoms with Crippen LogP contribution in [0.1, 0.15) is 29.2 Å². The van der Waals surface area contributed by atoms with Crippen molar-refractivity contribution < 1.29 is 14.3 Å². The Kier molecular flexibility index (Phi) is 6.78. The summed E-state index contributed by atoms with van der Waals surface area (Å²) in [6.07, 6.45) is 2.58. The third kappa shape index (κ3) is 5.43. The van der Waals surface area contributed by atoms with Gasteiger partial charge in [-0.2, -0.15) is 11.8 Å². The fourth-order valence-corrected chi connectivity index (χ4v) is 1.87. The second kappa shape index (κ2) is 8.36. The number of thioether (sulfide) groups is 1. The molecule has 2 N–H and O–H groups in total. The lowest BCUT2D eigenvalue weighted by atomic mass is 10.3. The first-order chi connectivity index (χ1) is 9.56. The van der Waals surface area contributed by atoms with Crippen LogP contribution < -0.4 is 10.9 Å². The van der Waals surface area contributed by atoms with Gasteiger partial charge in [0.1, 0.15) is 11.5 Å². The number of nitrogens with one attached hydrogen (secondary N) is 2. The number of hydrogen-bond acceptors (Lipinski definition) is 6. The van der Waals surface area contributed by atoms with Crippen molar-refractivity contribution in [1.29, 1.82) is 0 Å².